The number of aliphatic hydroxyl groups is 1. The highest BCUT2D eigenvalue weighted by Gasteiger charge is 2.20. The third-order valence-corrected chi connectivity index (χ3v) is 4.49. The van der Waals surface area contributed by atoms with Gasteiger partial charge in [-0.25, -0.2) is 17.5 Å². The van der Waals surface area contributed by atoms with Crippen molar-refractivity contribution in [2.45, 2.75) is 24.8 Å². The van der Waals surface area contributed by atoms with Crippen molar-refractivity contribution in [1.82, 2.24) is 4.72 Å². The van der Waals surface area contributed by atoms with Crippen LogP contribution in [0.1, 0.15) is 24.5 Å². The fourth-order valence-corrected chi connectivity index (χ4v) is 2.98. The highest BCUT2D eigenvalue weighted by Crippen LogP contribution is 2.21. The van der Waals surface area contributed by atoms with Gasteiger partial charge in [0.2, 0.25) is 10.0 Å². The number of hydrogen-bond acceptors (Lipinski definition) is 5. The second kappa shape index (κ2) is 7.12. The summed E-state index contributed by atoms with van der Waals surface area (Å²) < 4.78 is 50.5. The van der Waals surface area contributed by atoms with Gasteiger partial charge >= 0.3 is 0 Å². The van der Waals surface area contributed by atoms with Crippen LogP contribution in [-0.2, 0) is 10.0 Å². The van der Waals surface area contributed by atoms with E-state index < -0.39 is 21.9 Å². The largest absolute Gasteiger partial charge is 0.491 e. The summed E-state index contributed by atoms with van der Waals surface area (Å²) >= 11 is 0. The van der Waals surface area contributed by atoms with Crippen molar-refractivity contribution < 1.29 is 27.1 Å². The molecule has 2 N–H and O–H groups in total. The Labute approximate surface area is 133 Å². The zero-order chi connectivity index (χ0) is 17.0. The Balaban J connectivity index is 2.08. The molecule has 2 rings (SSSR count). The number of rotatable bonds is 7. The van der Waals surface area contributed by atoms with Gasteiger partial charge in [0.05, 0.1) is 11.5 Å². The molecule has 1 heterocycles. The molecule has 0 aliphatic heterocycles. The van der Waals surface area contributed by atoms with Crippen LogP contribution in [0, 0.1) is 12.7 Å². The van der Waals surface area contributed by atoms with Gasteiger partial charge in [-0.2, -0.15) is 0 Å². The lowest BCUT2D eigenvalue weighted by Crippen LogP contribution is -2.28. The molecule has 23 heavy (non-hydrogen) atoms. The van der Waals surface area contributed by atoms with Gasteiger partial charge in [-0.3, -0.25) is 0 Å². The molecule has 0 bridgehead atoms. The second-order valence-corrected chi connectivity index (χ2v) is 6.61. The number of aliphatic hydroxyl groups excluding tert-OH is 1. The first-order chi connectivity index (χ1) is 10.8. The Kier molecular flexibility index (Phi) is 5.40. The molecular weight excluding hydrogens is 325 g/mol. The van der Waals surface area contributed by atoms with Crippen LogP contribution in [0.2, 0.25) is 0 Å². The Morgan fingerprint density at radius 1 is 1.35 bits per heavy atom. The molecule has 6 nitrogen and oxygen atoms in total. The van der Waals surface area contributed by atoms with Gasteiger partial charge in [0, 0.05) is 6.54 Å². The van der Waals surface area contributed by atoms with E-state index in [1.165, 1.54) is 12.1 Å². The smallest absolute Gasteiger partial charge is 0.240 e. The first-order valence-electron chi connectivity index (χ1n) is 7.00. The third-order valence-electron chi connectivity index (χ3n) is 3.07. The number of hydrogen-bond donors (Lipinski definition) is 2. The van der Waals surface area contributed by atoms with Crippen LogP contribution in [0.5, 0.6) is 5.75 Å². The molecule has 0 unspecified atom stereocenters. The molecule has 0 aliphatic carbocycles. The van der Waals surface area contributed by atoms with Gasteiger partial charge in [0.25, 0.3) is 0 Å². The molecular formula is C15H18FNO5S. The van der Waals surface area contributed by atoms with E-state index in [0.717, 1.165) is 6.07 Å². The third kappa shape index (κ3) is 4.31. The summed E-state index contributed by atoms with van der Waals surface area (Å²) in [6.45, 7) is 3.40. The van der Waals surface area contributed by atoms with Gasteiger partial charge in [-0.1, -0.05) is 0 Å². The van der Waals surface area contributed by atoms with E-state index in [0.29, 0.717) is 5.76 Å². The van der Waals surface area contributed by atoms with Crippen LogP contribution in [0.25, 0.3) is 0 Å². The molecule has 0 spiro atoms. The second-order valence-electron chi connectivity index (χ2n) is 4.84. The van der Waals surface area contributed by atoms with Crippen LogP contribution in [0.4, 0.5) is 4.39 Å². The summed E-state index contributed by atoms with van der Waals surface area (Å²) in [4.78, 5) is -0.249. The van der Waals surface area contributed by atoms with E-state index in [9.17, 15) is 17.9 Å². The molecule has 0 saturated carbocycles. The number of furan rings is 1. The SMILES string of the molecule is CCOc1ccc(S(=O)(=O)NC[C@H](O)c2ccc(C)o2)cc1F. The van der Waals surface area contributed by atoms with Crippen LogP contribution in [-0.4, -0.2) is 26.7 Å². The lowest BCUT2D eigenvalue weighted by atomic mass is 10.3. The Morgan fingerprint density at radius 3 is 2.65 bits per heavy atom. The molecule has 1 aromatic carbocycles. The zero-order valence-corrected chi connectivity index (χ0v) is 13.6. The number of nitrogens with one attached hydrogen (secondary N) is 1. The van der Waals surface area contributed by atoms with Crippen molar-refractivity contribution >= 4 is 10.0 Å². The molecule has 8 heteroatoms. The number of ether oxygens (including phenoxy) is 1. The topological polar surface area (TPSA) is 88.8 Å². The number of sulfonamides is 1. The molecule has 0 saturated heterocycles. The lowest BCUT2D eigenvalue weighted by Gasteiger charge is -2.11. The summed E-state index contributed by atoms with van der Waals surface area (Å²) in [6.07, 6.45) is -1.13. The van der Waals surface area contributed by atoms with E-state index in [1.54, 1.807) is 26.0 Å². The minimum absolute atomic E-state index is 0.0162. The predicted octanol–water partition coefficient (Wildman–Crippen LogP) is 2.14. The van der Waals surface area contributed by atoms with Crippen molar-refractivity contribution in [3.05, 3.63) is 47.7 Å². The zero-order valence-electron chi connectivity index (χ0n) is 12.7. The maximum absolute atomic E-state index is 13.8. The van der Waals surface area contributed by atoms with E-state index in [-0.39, 0.29) is 29.6 Å². The van der Waals surface area contributed by atoms with E-state index in [4.69, 9.17) is 9.15 Å². The minimum atomic E-state index is -3.96. The summed E-state index contributed by atoms with van der Waals surface area (Å²) in [5.74, 6) is 0.0769. The quantitative estimate of drug-likeness (QED) is 0.804. The van der Waals surface area contributed by atoms with Gasteiger partial charge in [-0.15, -0.1) is 0 Å². The average Bonchev–Trinajstić information content (AvgIpc) is 2.94. The van der Waals surface area contributed by atoms with E-state index >= 15 is 0 Å². The van der Waals surface area contributed by atoms with E-state index in [1.807, 2.05) is 0 Å². The van der Waals surface area contributed by atoms with Crippen LogP contribution in [0.15, 0.2) is 39.6 Å². The van der Waals surface area contributed by atoms with Crippen LogP contribution < -0.4 is 9.46 Å². The highest BCUT2D eigenvalue weighted by atomic mass is 32.2. The standard InChI is InChI=1S/C15H18FNO5S/c1-3-21-14-7-5-11(8-12(14)16)23(19,20)17-9-13(18)15-6-4-10(2)22-15/h4-8,13,17-18H,3,9H2,1-2H3/t13-/m0/s1. The summed E-state index contributed by atoms with van der Waals surface area (Å²) in [7, 11) is -3.96. The normalized spacial score (nSPS) is 13.0. The summed E-state index contributed by atoms with van der Waals surface area (Å²) in [6, 6.07) is 6.58. The van der Waals surface area contributed by atoms with Gasteiger partial charge in [0.15, 0.2) is 11.6 Å². The first-order valence-corrected chi connectivity index (χ1v) is 8.48. The molecule has 1 atom stereocenters. The van der Waals surface area contributed by atoms with Crippen molar-refractivity contribution in [1.29, 1.82) is 0 Å². The number of benzene rings is 1. The van der Waals surface area contributed by atoms with E-state index in [2.05, 4.69) is 4.72 Å². The molecule has 0 radical (unpaired) electrons. The first kappa shape index (κ1) is 17.5. The fraction of sp³-hybridized carbons (Fsp3) is 0.333. The van der Waals surface area contributed by atoms with Crippen LogP contribution >= 0.6 is 0 Å². The summed E-state index contributed by atoms with van der Waals surface area (Å²) in [5, 5.41) is 9.90. The van der Waals surface area contributed by atoms with Crippen molar-refractivity contribution in [2.24, 2.45) is 0 Å². The lowest BCUT2D eigenvalue weighted by molar-refractivity contribution is 0.152. The van der Waals surface area contributed by atoms with Crippen LogP contribution in [0.3, 0.4) is 0 Å². The summed E-state index contributed by atoms with van der Waals surface area (Å²) in [5.41, 5.74) is 0. The Bertz CT molecular complexity index is 772. The number of halogens is 1. The fourth-order valence-electron chi connectivity index (χ4n) is 1.93. The van der Waals surface area contributed by atoms with Gasteiger partial charge in [0.1, 0.15) is 17.6 Å². The number of aryl methyl sites for hydroxylation is 1. The van der Waals surface area contributed by atoms with Crippen molar-refractivity contribution in [2.75, 3.05) is 13.2 Å². The highest BCUT2D eigenvalue weighted by molar-refractivity contribution is 7.89. The maximum Gasteiger partial charge on any atom is 0.240 e. The Hall–Kier alpha value is -1.90. The maximum atomic E-state index is 13.8. The average molecular weight is 343 g/mol. The Morgan fingerprint density at radius 2 is 2.09 bits per heavy atom. The molecule has 0 aliphatic rings. The van der Waals surface area contributed by atoms with Crippen molar-refractivity contribution in [3.8, 4) is 5.75 Å². The predicted molar refractivity (Wildman–Crippen MR) is 81.2 cm³/mol. The monoisotopic (exact) mass is 343 g/mol. The molecule has 126 valence electrons. The van der Waals surface area contributed by atoms with Gasteiger partial charge in [-0.05, 0) is 44.2 Å². The molecule has 2 aromatic rings. The minimum Gasteiger partial charge on any atom is -0.491 e. The van der Waals surface area contributed by atoms with Gasteiger partial charge < -0.3 is 14.3 Å². The molecule has 0 fully saturated rings. The van der Waals surface area contributed by atoms with Crippen molar-refractivity contribution in [3.63, 3.8) is 0 Å². The molecule has 0 amide bonds. The molecule has 1 aromatic heterocycles.